The van der Waals surface area contributed by atoms with Crippen LogP contribution in [0.4, 0.5) is 5.69 Å². The van der Waals surface area contributed by atoms with Crippen LogP contribution >= 0.6 is 11.3 Å². The Hall–Kier alpha value is -2.14. The van der Waals surface area contributed by atoms with E-state index in [2.05, 4.69) is 39.9 Å². The van der Waals surface area contributed by atoms with Crippen molar-refractivity contribution in [1.29, 1.82) is 0 Å². The zero-order valence-corrected chi connectivity index (χ0v) is 17.8. The van der Waals surface area contributed by atoms with E-state index in [1.54, 1.807) is 0 Å². The molecule has 2 rings (SSSR count). The summed E-state index contributed by atoms with van der Waals surface area (Å²) in [4.78, 5) is 26.4. The minimum atomic E-state index is -0.445. The molecule has 0 spiro atoms. The summed E-state index contributed by atoms with van der Waals surface area (Å²) in [5, 5.41) is 2.96. The van der Waals surface area contributed by atoms with Gasteiger partial charge in [0.1, 0.15) is 4.88 Å². The highest BCUT2D eigenvalue weighted by Crippen LogP contribution is 2.32. The fourth-order valence-electron chi connectivity index (χ4n) is 3.04. The van der Waals surface area contributed by atoms with Crippen molar-refractivity contribution in [3.63, 3.8) is 0 Å². The number of anilines is 1. The lowest BCUT2D eigenvalue weighted by Crippen LogP contribution is -2.22. The van der Waals surface area contributed by atoms with Crippen LogP contribution in [-0.4, -0.2) is 18.5 Å². The summed E-state index contributed by atoms with van der Waals surface area (Å²) in [6, 6.07) is 7.90. The molecule has 0 unspecified atom stereocenters. The van der Waals surface area contributed by atoms with Crippen LogP contribution in [0.5, 0.6) is 0 Å². The molecule has 2 aromatic rings. The van der Waals surface area contributed by atoms with Crippen molar-refractivity contribution in [2.24, 2.45) is 0 Å². The van der Waals surface area contributed by atoms with Crippen molar-refractivity contribution in [2.75, 3.05) is 11.9 Å². The molecule has 0 aliphatic carbocycles. The average Bonchev–Trinajstić information content (AvgIpc) is 3.00. The maximum atomic E-state index is 12.4. The SMILES string of the molecule is CCc1sc(C(=O)OCC(=O)Nc2c(C(C)C)cccc2C(C)C)cc1C. The lowest BCUT2D eigenvalue weighted by atomic mass is 9.92. The van der Waals surface area contributed by atoms with Crippen molar-refractivity contribution in [3.8, 4) is 0 Å². The third-order valence-corrected chi connectivity index (χ3v) is 5.88. The molecule has 0 radical (unpaired) electrons. The predicted molar refractivity (Wildman–Crippen MR) is 112 cm³/mol. The smallest absolute Gasteiger partial charge is 0.348 e. The third kappa shape index (κ3) is 5.19. The van der Waals surface area contributed by atoms with E-state index in [0.29, 0.717) is 4.88 Å². The lowest BCUT2D eigenvalue weighted by molar-refractivity contribution is -0.119. The van der Waals surface area contributed by atoms with E-state index in [-0.39, 0.29) is 24.3 Å². The molecule has 0 saturated heterocycles. The van der Waals surface area contributed by atoms with E-state index in [0.717, 1.165) is 28.8 Å². The Kier molecular flexibility index (Phi) is 7.19. The van der Waals surface area contributed by atoms with Gasteiger partial charge in [-0.1, -0.05) is 52.8 Å². The molecule has 0 aliphatic rings. The first-order chi connectivity index (χ1) is 12.7. The summed E-state index contributed by atoms with van der Waals surface area (Å²) in [7, 11) is 0. The number of thiophene rings is 1. The predicted octanol–water partition coefficient (Wildman–Crippen LogP) is 5.66. The second-order valence-corrected chi connectivity index (χ2v) is 8.45. The number of carbonyl (C=O) groups is 2. The molecule has 1 heterocycles. The van der Waals surface area contributed by atoms with Crippen LogP contribution in [0.1, 0.15) is 77.7 Å². The van der Waals surface area contributed by atoms with E-state index in [9.17, 15) is 9.59 Å². The number of aryl methyl sites for hydroxylation is 2. The maximum absolute atomic E-state index is 12.4. The summed E-state index contributed by atoms with van der Waals surface area (Å²) in [5.41, 5.74) is 4.10. The Morgan fingerprint density at radius 3 is 2.19 bits per heavy atom. The molecule has 27 heavy (non-hydrogen) atoms. The average molecular weight is 388 g/mol. The van der Waals surface area contributed by atoms with Gasteiger partial charge in [-0.15, -0.1) is 11.3 Å². The van der Waals surface area contributed by atoms with Gasteiger partial charge in [0.05, 0.1) is 0 Å². The van der Waals surface area contributed by atoms with Gasteiger partial charge in [-0.05, 0) is 47.9 Å². The number of benzene rings is 1. The topological polar surface area (TPSA) is 55.4 Å². The zero-order valence-electron chi connectivity index (χ0n) is 17.0. The standard InChI is InChI=1S/C22H29NO3S/c1-7-18-15(6)11-19(27-18)22(25)26-12-20(24)23-21-16(13(2)3)9-8-10-17(21)14(4)5/h8-11,13-14H,7,12H2,1-6H3,(H,23,24). The number of carbonyl (C=O) groups excluding carboxylic acids is 2. The Labute approximate surface area is 165 Å². The number of esters is 1. The molecule has 0 saturated carbocycles. The van der Waals surface area contributed by atoms with Gasteiger partial charge >= 0.3 is 5.97 Å². The van der Waals surface area contributed by atoms with Crippen LogP contribution in [0.3, 0.4) is 0 Å². The van der Waals surface area contributed by atoms with Crippen LogP contribution in [-0.2, 0) is 16.0 Å². The van der Waals surface area contributed by atoms with Crippen LogP contribution in [0, 0.1) is 6.92 Å². The molecular weight excluding hydrogens is 358 g/mol. The lowest BCUT2D eigenvalue weighted by Gasteiger charge is -2.20. The van der Waals surface area contributed by atoms with Gasteiger partial charge in [-0.2, -0.15) is 0 Å². The normalized spacial score (nSPS) is 11.1. The van der Waals surface area contributed by atoms with E-state index < -0.39 is 5.97 Å². The van der Waals surface area contributed by atoms with Crippen molar-refractivity contribution in [1.82, 2.24) is 0 Å². The molecule has 1 aromatic carbocycles. The van der Waals surface area contributed by atoms with E-state index in [4.69, 9.17) is 4.74 Å². The molecule has 0 fully saturated rings. The molecule has 1 amide bonds. The molecule has 1 aromatic heterocycles. The number of amides is 1. The quantitative estimate of drug-likeness (QED) is 0.624. The van der Waals surface area contributed by atoms with Crippen molar-refractivity contribution < 1.29 is 14.3 Å². The first kappa shape index (κ1) is 21.2. The summed E-state index contributed by atoms with van der Waals surface area (Å²) in [6.07, 6.45) is 0.883. The number of para-hydroxylation sites is 1. The van der Waals surface area contributed by atoms with E-state index >= 15 is 0 Å². The van der Waals surface area contributed by atoms with Gasteiger partial charge < -0.3 is 10.1 Å². The minimum absolute atomic E-state index is 0.281. The van der Waals surface area contributed by atoms with Crippen molar-refractivity contribution >= 4 is 28.9 Å². The summed E-state index contributed by atoms with van der Waals surface area (Å²) in [6.45, 7) is 12.1. The van der Waals surface area contributed by atoms with Gasteiger partial charge in [0.15, 0.2) is 6.61 Å². The fourth-order valence-corrected chi connectivity index (χ4v) is 4.05. The maximum Gasteiger partial charge on any atom is 0.348 e. The van der Waals surface area contributed by atoms with E-state index in [1.807, 2.05) is 31.2 Å². The molecule has 0 bridgehead atoms. The van der Waals surface area contributed by atoms with Gasteiger partial charge in [0.2, 0.25) is 0 Å². The molecule has 1 N–H and O–H groups in total. The fraction of sp³-hybridized carbons (Fsp3) is 0.455. The highest BCUT2D eigenvalue weighted by Gasteiger charge is 2.18. The molecular formula is C22H29NO3S. The molecule has 5 heteroatoms. The van der Waals surface area contributed by atoms with Crippen LogP contribution in [0.15, 0.2) is 24.3 Å². The van der Waals surface area contributed by atoms with Crippen LogP contribution < -0.4 is 5.32 Å². The van der Waals surface area contributed by atoms with Gasteiger partial charge in [0, 0.05) is 10.6 Å². The molecule has 0 aliphatic heterocycles. The minimum Gasteiger partial charge on any atom is -0.451 e. The van der Waals surface area contributed by atoms with Crippen LogP contribution in [0.2, 0.25) is 0 Å². The zero-order chi connectivity index (χ0) is 20.1. The Balaban J connectivity index is 2.08. The molecule has 4 nitrogen and oxygen atoms in total. The highest BCUT2D eigenvalue weighted by molar-refractivity contribution is 7.14. The number of ether oxygens (including phenoxy) is 1. The van der Waals surface area contributed by atoms with Crippen LogP contribution in [0.25, 0.3) is 0 Å². The summed E-state index contributed by atoms with van der Waals surface area (Å²) in [5.74, 6) is -0.201. The molecule has 0 atom stereocenters. The number of hydrogen-bond acceptors (Lipinski definition) is 4. The first-order valence-electron chi connectivity index (χ1n) is 9.43. The highest BCUT2D eigenvalue weighted by atomic mass is 32.1. The first-order valence-corrected chi connectivity index (χ1v) is 10.2. The Morgan fingerprint density at radius 1 is 1.11 bits per heavy atom. The Bertz CT molecular complexity index is 795. The number of hydrogen-bond donors (Lipinski definition) is 1. The van der Waals surface area contributed by atoms with Gasteiger partial charge in [0.25, 0.3) is 5.91 Å². The second kappa shape index (κ2) is 9.18. The third-order valence-electron chi connectivity index (χ3n) is 4.51. The largest absolute Gasteiger partial charge is 0.451 e. The summed E-state index contributed by atoms with van der Waals surface area (Å²) < 4.78 is 5.24. The molecule has 146 valence electrons. The van der Waals surface area contributed by atoms with Crippen molar-refractivity contribution in [3.05, 3.63) is 50.7 Å². The number of nitrogens with one attached hydrogen (secondary N) is 1. The second-order valence-electron chi connectivity index (χ2n) is 7.32. The van der Waals surface area contributed by atoms with Crippen molar-refractivity contribution in [2.45, 2.75) is 59.8 Å². The van der Waals surface area contributed by atoms with Gasteiger partial charge in [-0.3, -0.25) is 4.79 Å². The van der Waals surface area contributed by atoms with E-state index in [1.165, 1.54) is 16.2 Å². The monoisotopic (exact) mass is 387 g/mol. The summed E-state index contributed by atoms with van der Waals surface area (Å²) >= 11 is 1.43. The Morgan fingerprint density at radius 2 is 1.70 bits per heavy atom. The number of rotatable bonds is 7. The van der Waals surface area contributed by atoms with Gasteiger partial charge in [-0.25, -0.2) is 4.79 Å².